The van der Waals surface area contributed by atoms with Crippen LogP contribution in [0.5, 0.6) is 5.75 Å². The summed E-state index contributed by atoms with van der Waals surface area (Å²) < 4.78 is 52.0. The van der Waals surface area contributed by atoms with Crippen molar-refractivity contribution < 1.29 is 27.1 Å². The van der Waals surface area contributed by atoms with Crippen LogP contribution in [0, 0.1) is 6.92 Å². The van der Waals surface area contributed by atoms with E-state index in [1.165, 1.54) is 10.7 Å². The minimum atomic E-state index is -4.60. The lowest BCUT2D eigenvalue weighted by molar-refractivity contribution is -0.141. The van der Waals surface area contributed by atoms with Gasteiger partial charge in [-0.15, -0.1) is 0 Å². The van der Waals surface area contributed by atoms with Crippen LogP contribution in [0.4, 0.5) is 13.2 Å². The predicted octanol–water partition coefficient (Wildman–Crippen LogP) is 6.39. The van der Waals surface area contributed by atoms with E-state index < -0.39 is 17.8 Å². The molecule has 2 aromatic heterocycles. The highest BCUT2D eigenvalue weighted by molar-refractivity contribution is 6.32. The van der Waals surface area contributed by atoms with Gasteiger partial charge in [0.15, 0.2) is 11.5 Å². The molecule has 34 heavy (non-hydrogen) atoms. The van der Waals surface area contributed by atoms with Gasteiger partial charge in [-0.1, -0.05) is 23.2 Å². The second-order valence-electron chi connectivity index (χ2n) is 8.12. The van der Waals surface area contributed by atoms with Gasteiger partial charge < -0.3 is 14.5 Å². The van der Waals surface area contributed by atoms with E-state index in [-0.39, 0.29) is 36.4 Å². The second kappa shape index (κ2) is 9.92. The lowest BCUT2D eigenvalue weighted by Gasteiger charge is -2.08. The average molecular weight is 516 g/mol. The molecule has 0 atom stereocenters. The number of benzene rings is 1. The first-order chi connectivity index (χ1) is 16.1. The molecule has 0 radical (unpaired) electrons. The number of nitrogens with one attached hydrogen (secondary N) is 1. The molecule has 1 N–H and O–H groups in total. The number of nitrogens with zero attached hydrogens (tertiary/aromatic N) is 2. The van der Waals surface area contributed by atoms with Gasteiger partial charge >= 0.3 is 6.18 Å². The zero-order valence-electron chi connectivity index (χ0n) is 18.2. The maximum atomic E-state index is 13.2. The Kier molecular flexibility index (Phi) is 7.14. The van der Waals surface area contributed by atoms with Crippen molar-refractivity contribution in [3.8, 4) is 5.75 Å². The van der Waals surface area contributed by atoms with Gasteiger partial charge in [-0.25, -0.2) is 0 Å². The zero-order valence-corrected chi connectivity index (χ0v) is 19.7. The van der Waals surface area contributed by atoms with E-state index in [4.69, 9.17) is 32.4 Å². The summed E-state index contributed by atoms with van der Waals surface area (Å²) in [6.45, 7) is 2.45. The van der Waals surface area contributed by atoms with Crippen LogP contribution in [0.1, 0.15) is 58.4 Å². The van der Waals surface area contributed by atoms with Gasteiger partial charge in [0.2, 0.25) is 0 Å². The third kappa shape index (κ3) is 5.70. The SMILES string of the molecule is Cc1cc(Cl)ccc1OCc1ccc(C(=O)NCCCn2nc(C(F)(F)F)c(Cl)c2C2CC2)o1. The molecule has 1 saturated carbocycles. The summed E-state index contributed by atoms with van der Waals surface area (Å²) in [7, 11) is 0. The average Bonchev–Trinajstić information content (AvgIpc) is 3.37. The third-order valence-corrected chi connectivity index (χ3v) is 6.00. The van der Waals surface area contributed by atoms with Crippen molar-refractivity contribution in [1.82, 2.24) is 15.1 Å². The molecule has 1 amide bonds. The van der Waals surface area contributed by atoms with Crippen molar-refractivity contribution >= 4 is 29.1 Å². The highest BCUT2D eigenvalue weighted by Gasteiger charge is 2.41. The lowest BCUT2D eigenvalue weighted by Crippen LogP contribution is -2.25. The number of hydrogen-bond acceptors (Lipinski definition) is 4. The Morgan fingerprint density at radius 3 is 2.71 bits per heavy atom. The Bertz CT molecular complexity index is 1190. The number of alkyl halides is 3. The number of furan rings is 1. The molecule has 2 heterocycles. The molecule has 0 spiro atoms. The summed E-state index contributed by atoms with van der Waals surface area (Å²) in [5.74, 6) is 0.827. The van der Waals surface area contributed by atoms with Crippen molar-refractivity contribution in [2.75, 3.05) is 6.54 Å². The number of amides is 1. The Balaban J connectivity index is 1.28. The standard InChI is InChI=1S/C23H22Cl2F3N3O3/c1-13-11-15(24)5-7-17(13)33-12-16-6-8-18(34-16)22(32)29-9-2-10-31-20(14-3-4-14)19(25)21(30-31)23(26,27)28/h5-8,11,14H,2-4,9-10,12H2,1H3,(H,29,32). The third-order valence-electron chi connectivity index (χ3n) is 5.39. The van der Waals surface area contributed by atoms with Gasteiger partial charge in [0.25, 0.3) is 5.91 Å². The Morgan fingerprint density at radius 2 is 2.03 bits per heavy atom. The lowest BCUT2D eigenvalue weighted by atomic mass is 10.2. The summed E-state index contributed by atoms with van der Waals surface area (Å²) in [4.78, 5) is 12.4. The van der Waals surface area contributed by atoms with Crippen molar-refractivity contribution in [2.24, 2.45) is 0 Å². The molecule has 11 heteroatoms. The number of aromatic nitrogens is 2. The number of carbonyl (C=O) groups excluding carboxylic acids is 1. The largest absolute Gasteiger partial charge is 0.485 e. The molecule has 0 bridgehead atoms. The van der Waals surface area contributed by atoms with Gasteiger partial charge in [-0.05, 0) is 62.1 Å². The van der Waals surface area contributed by atoms with Crippen LogP contribution in [0.15, 0.2) is 34.7 Å². The van der Waals surface area contributed by atoms with E-state index in [0.29, 0.717) is 28.6 Å². The number of hydrogen-bond donors (Lipinski definition) is 1. The van der Waals surface area contributed by atoms with Crippen molar-refractivity contribution in [3.63, 3.8) is 0 Å². The van der Waals surface area contributed by atoms with Gasteiger partial charge in [0.1, 0.15) is 18.1 Å². The Labute approximate surface area is 204 Å². The highest BCUT2D eigenvalue weighted by atomic mass is 35.5. The Morgan fingerprint density at radius 1 is 1.26 bits per heavy atom. The summed E-state index contributed by atoms with van der Waals surface area (Å²) in [5, 5.41) is 6.68. The van der Waals surface area contributed by atoms with Crippen molar-refractivity contribution in [3.05, 3.63) is 68.8 Å². The fourth-order valence-corrected chi connectivity index (χ4v) is 4.19. The molecule has 1 aromatic carbocycles. The van der Waals surface area contributed by atoms with Crippen LogP contribution >= 0.6 is 23.2 Å². The minimum Gasteiger partial charge on any atom is -0.485 e. The number of rotatable bonds is 9. The second-order valence-corrected chi connectivity index (χ2v) is 8.93. The van der Waals surface area contributed by atoms with Gasteiger partial charge in [-0.3, -0.25) is 9.48 Å². The molecule has 0 unspecified atom stereocenters. The monoisotopic (exact) mass is 515 g/mol. The van der Waals surface area contributed by atoms with E-state index in [1.54, 1.807) is 24.3 Å². The summed E-state index contributed by atoms with van der Waals surface area (Å²) >= 11 is 11.9. The first-order valence-corrected chi connectivity index (χ1v) is 11.5. The van der Waals surface area contributed by atoms with Crippen molar-refractivity contribution in [2.45, 2.75) is 51.4 Å². The summed E-state index contributed by atoms with van der Waals surface area (Å²) in [5.41, 5.74) is 0.244. The maximum Gasteiger partial charge on any atom is 0.436 e. The fourth-order valence-electron chi connectivity index (χ4n) is 3.57. The number of halogens is 5. The molecule has 0 aliphatic heterocycles. The zero-order chi connectivity index (χ0) is 24.5. The quantitative estimate of drug-likeness (QED) is 0.335. The van der Waals surface area contributed by atoms with E-state index in [0.717, 1.165) is 18.4 Å². The molecule has 4 rings (SSSR count). The molecular weight excluding hydrogens is 494 g/mol. The highest BCUT2D eigenvalue weighted by Crippen LogP contribution is 2.46. The first kappa shape index (κ1) is 24.5. The molecular formula is C23H22Cl2F3N3O3. The molecule has 1 fully saturated rings. The topological polar surface area (TPSA) is 69.3 Å². The molecule has 1 aliphatic carbocycles. The maximum absolute atomic E-state index is 13.2. The van der Waals surface area contributed by atoms with Crippen LogP contribution in [0.2, 0.25) is 10.0 Å². The predicted molar refractivity (Wildman–Crippen MR) is 120 cm³/mol. The van der Waals surface area contributed by atoms with Gasteiger partial charge in [0, 0.05) is 24.0 Å². The molecule has 0 saturated heterocycles. The smallest absolute Gasteiger partial charge is 0.436 e. The van der Waals surface area contributed by atoms with E-state index in [1.807, 2.05) is 6.92 Å². The van der Waals surface area contributed by atoms with Crippen LogP contribution < -0.4 is 10.1 Å². The van der Waals surface area contributed by atoms with Crippen LogP contribution in [-0.4, -0.2) is 22.2 Å². The molecule has 1 aliphatic rings. The number of carbonyl (C=O) groups is 1. The minimum absolute atomic E-state index is 0.00566. The molecule has 6 nitrogen and oxygen atoms in total. The van der Waals surface area contributed by atoms with Crippen LogP contribution in [0.3, 0.4) is 0 Å². The van der Waals surface area contributed by atoms with E-state index >= 15 is 0 Å². The van der Waals surface area contributed by atoms with Crippen LogP contribution in [-0.2, 0) is 19.3 Å². The molecule has 182 valence electrons. The summed E-state index contributed by atoms with van der Waals surface area (Å²) in [6, 6.07) is 8.45. The fraction of sp³-hybridized carbons (Fsp3) is 0.391. The number of ether oxygens (including phenoxy) is 1. The molecule has 3 aromatic rings. The summed E-state index contributed by atoms with van der Waals surface area (Å²) in [6.07, 6.45) is -2.64. The normalized spacial score (nSPS) is 13.8. The number of aryl methyl sites for hydroxylation is 2. The Hall–Kier alpha value is -2.65. The van der Waals surface area contributed by atoms with Crippen molar-refractivity contribution in [1.29, 1.82) is 0 Å². The van der Waals surface area contributed by atoms with E-state index in [9.17, 15) is 18.0 Å². The first-order valence-electron chi connectivity index (χ1n) is 10.7. The van der Waals surface area contributed by atoms with Gasteiger partial charge in [-0.2, -0.15) is 18.3 Å². The van der Waals surface area contributed by atoms with E-state index in [2.05, 4.69) is 10.4 Å². The van der Waals surface area contributed by atoms with Gasteiger partial charge in [0.05, 0.1) is 10.7 Å². The van der Waals surface area contributed by atoms with Crippen LogP contribution in [0.25, 0.3) is 0 Å².